The summed E-state index contributed by atoms with van der Waals surface area (Å²) < 4.78 is 13.1. The van der Waals surface area contributed by atoms with Gasteiger partial charge in [0.2, 0.25) is 0 Å². The van der Waals surface area contributed by atoms with Crippen LogP contribution in [0.2, 0.25) is 0 Å². The first-order valence-electron chi connectivity index (χ1n) is 6.96. The number of aliphatic hydroxyl groups excluding tert-OH is 2. The maximum Gasteiger partial charge on any atom is 0.123 e. The van der Waals surface area contributed by atoms with E-state index in [-0.39, 0.29) is 12.4 Å². The molecule has 1 aliphatic heterocycles. The number of hydrogen-bond acceptors (Lipinski definition) is 3. The van der Waals surface area contributed by atoms with Crippen LogP contribution in [0.4, 0.5) is 4.39 Å². The molecule has 1 heterocycles. The second-order valence-corrected chi connectivity index (χ2v) is 5.33. The first-order valence-corrected chi connectivity index (χ1v) is 6.96. The second-order valence-electron chi connectivity index (χ2n) is 5.33. The van der Waals surface area contributed by atoms with E-state index < -0.39 is 6.10 Å². The van der Waals surface area contributed by atoms with E-state index in [9.17, 15) is 9.50 Å². The lowest BCUT2D eigenvalue weighted by atomic mass is 10.1. The number of hydrogen-bond donors (Lipinski definition) is 2. The van der Waals surface area contributed by atoms with Gasteiger partial charge >= 0.3 is 0 Å². The maximum atomic E-state index is 13.1. The Bertz CT molecular complexity index is 399. The van der Waals surface area contributed by atoms with Gasteiger partial charge in [-0.1, -0.05) is 12.1 Å². The van der Waals surface area contributed by atoms with Crippen molar-refractivity contribution in [3.63, 3.8) is 0 Å². The molecule has 3 nitrogen and oxygen atoms in total. The molecule has 19 heavy (non-hydrogen) atoms. The largest absolute Gasteiger partial charge is 0.396 e. The van der Waals surface area contributed by atoms with E-state index in [0.717, 1.165) is 32.5 Å². The van der Waals surface area contributed by atoms with Crippen molar-refractivity contribution in [2.24, 2.45) is 5.92 Å². The van der Waals surface area contributed by atoms with Crippen LogP contribution in [-0.4, -0.2) is 41.4 Å². The molecule has 0 amide bonds. The van der Waals surface area contributed by atoms with Gasteiger partial charge in [0, 0.05) is 19.7 Å². The van der Waals surface area contributed by atoms with E-state index in [4.69, 9.17) is 5.11 Å². The molecule has 2 N–H and O–H groups in total. The van der Waals surface area contributed by atoms with Gasteiger partial charge in [0.25, 0.3) is 0 Å². The van der Waals surface area contributed by atoms with E-state index in [0.29, 0.717) is 17.9 Å². The lowest BCUT2D eigenvalue weighted by Crippen LogP contribution is -2.23. The summed E-state index contributed by atoms with van der Waals surface area (Å²) in [4.78, 5) is 2.31. The third-order valence-electron chi connectivity index (χ3n) is 3.86. The molecule has 0 spiro atoms. The van der Waals surface area contributed by atoms with Crippen LogP contribution in [0.5, 0.6) is 0 Å². The molecule has 0 saturated carbocycles. The Balaban J connectivity index is 1.76. The molecule has 0 bridgehead atoms. The van der Waals surface area contributed by atoms with E-state index in [1.54, 1.807) is 12.1 Å². The molecule has 106 valence electrons. The summed E-state index contributed by atoms with van der Waals surface area (Å²) in [5.41, 5.74) is 0.645. The molecule has 4 heteroatoms. The van der Waals surface area contributed by atoms with Gasteiger partial charge < -0.3 is 15.1 Å². The molecule has 0 aliphatic carbocycles. The van der Waals surface area contributed by atoms with Crippen molar-refractivity contribution in [3.8, 4) is 0 Å². The summed E-state index contributed by atoms with van der Waals surface area (Å²) in [6.45, 7) is 3.10. The molecular weight excluding hydrogens is 245 g/mol. The van der Waals surface area contributed by atoms with Crippen LogP contribution in [0.15, 0.2) is 24.3 Å². The Labute approximate surface area is 113 Å². The lowest BCUT2D eigenvalue weighted by Gasteiger charge is -2.18. The van der Waals surface area contributed by atoms with E-state index >= 15 is 0 Å². The van der Waals surface area contributed by atoms with Crippen LogP contribution in [0.1, 0.15) is 30.9 Å². The van der Waals surface area contributed by atoms with Gasteiger partial charge in [0.1, 0.15) is 5.82 Å². The van der Waals surface area contributed by atoms with Crippen LogP contribution < -0.4 is 0 Å². The number of nitrogens with zero attached hydrogens (tertiary/aromatic N) is 1. The SMILES string of the molecule is OCCC1CCN(CCC(O)c2cccc(F)c2)C1. The summed E-state index contributed by atoms with van der Waals surface area (Å²) in [7, 11) is 0. The zero-order chi connectivity index (χ0) is 13.7. The zero-order valence-electron chi connectivity index (χ0n) is 11.1. The molecular formula is C15H22FNO2. The summed E-state index contributed by atoms with van der Waals surface area (Å²) in [5, 5.41) is 19.0. The molecule has 0 aromatic heterocycles. The number of benzene rings is 1. The van der Waals surface area contributed by atoms with Crippen molar-refractivity contribution in [1.82, 2.24) is 4.90 Å². The molecule has 1 aliphatic rings. The van der Waals surface area contributed by atoms with Gasteiger partial charge in [-0.15, -0.1) is 0 Å². The van der Waals surface area contributed by atoms with Crippen molar-refractivity contribution in [1.29, 1.82) is 0 Å². The molecule has 1 aromatic rings. The predicted molar refractivity (Wildman–Crippen MR) is 72.2 cm³/mol. The van der Waals surface area contributed by atoms with Crippen molar-refractivity contribution in [2.75, 3.05) is 26.2 Å². The van der Waals surface area contributed by atoms with Gasteiger partial charge in [-0.25, -0.2) is 4.39 Å². The van der Waals surface area contributed by atoms with E-state index in [1.165, 1.54) is 12.1 Å². The highest BCUT2D eigenvalue weighted by molar-refractivity contribution is 5.18. The minimum absolute atomic E-state index is 0.254. The molecule has 1 saturated heterocycles. The fraction of sp³-hybridized carbons (Fsp3) is 0.600. The predicted octanol–water partition coefficient (Wildman–Crippen LogP) is 1.95. The van der Waals surface area contributed by atoms with Crippen molar-refractivity contribution in [2.45, 2.75) is 25.4 Å². The number of aliphatic hydroxyl groups is 2. The normalized spacial score (nSPS) is 21.7. The van der Waals surface area contributed by atoms with Gasteiger partial charge in [0.15, 0.2) is 0 Å². The summed E-state index contributed by atoms with van der Waals surface area (Å²) in [6.07, 6.45) is 2.00. The lowest BCUT2D eigenvalue weighted by molar-refractivity contribution is 0.147. The van der Waals surface area contributed by atoms with Crippen LogP contribution in [0, 0.1) is 11.7 Å². The first kappa shape index (κ1) is 14.4. The Kier molecular flexibility index (Phi) is 5.31. The first-order chi connectivity index (χ1) is 9.19. The second kappa shape index (κ2) is 6.98. The Hall–Kier alpha value is -0.970. The number of likely N-dealkylation sites (tertiary alicyclic amines) is 1. The van der Waals surface area contributed by atoms with Crippen LogP contribution >= 0.6 is 0 Å². The minimum Gasteiger partial charge on any atom is -0.396 e. The van der Waals surface area contributed by atoms with Crippen LogP contribution in [0.3, 0.4) is 0 Å². The standard InChI is InChI=1S/C15H22FNO2/c16-14-3-1-2-13(10-14)15(19)5-8-17-7-4-12(11-17)6-9-18/h1-3,10,12,15,18-19H,4-9,11H2. The summed E-state index contributed by atoms with van der Waals surface area (Å²) in [6, 6.07) is 6.16. The highest BCUT2D eigenvalue weighted by atomic mass is 19.1. The molecule has 2 rings (SSSR count). The Morgan fingerprint density at radius 1 is 1.42 bits per heavy atom. The highest BCUT2D eigenvalue weighted by Crippen LogP contribution is 2.22. The molecule has 1 aromatic carbocycles. The van der Waals surface area contributed by atoms with Crippen molar-refractivity contribution >= 4 is 0 Å². The molecule has 0 radical (unpaired) electrons. The van der Waals surface area contributed by atoms with Gasteiger partial charge in [-0.3, -0.25) is 0 Å². The smallest absolute Gasteiger partial charge is 0.123 e. The zero-order valence-corrected chi connectivity index (χ0v) is 11.1. The molecule has 2 unspecified atom stereocenters. The van der Waals surface area contributed by atoms with Gasteiger partial charge in [-0.05, 0) is 49.4 Å². The Morgan fingerprint density at radius 2 is 2.26 bits per heavy atom. The number of halogens is 1. The fourth-order valence-corrected chi connectivity index (χ4v) is 2.72. The van der Waals surface area contributed by atoms with Crippen LogP contribution in [-0.2, 0) is 0 Å². The quantitative estimate of drug-likeness (QED) is 0.828. The van der Waals surface area contributed by atoms with Crippen molar-refractivity contribution in [3.05, 3.63) is 35.6 Å². The minimum atomic E-state index is -0.604. The Morgan fingerprint density at radius 3 is 3.00 bits per heavy atom. The van der Waals surface area contributed by atoms with E-state index in [1.807, 2.05) is 0 Å². The monoisotopic (exact) mass is 267 g/mol. The van der Waals surface area contributed by atoms with Gasteiger partial charge in [-0.2, -0.15) is 0 Å². The summed E-state index contributed by atoms with van der Waals surface area (Å²) in [5.74, 6) is 0.275. The average Bonchev–Trinajstić information content (AvgIpc) is 2.84. The highest BCUT2D eigenvalue weighted by Gasteiger charge is 2.22. The third-order valence-corrected chi connectivity index (χ3v) is 3.86. The van der Waals surface area contributed by atoms with Crippen molar-refractivity contribution < 1.29 is 14.6 Å². The number of rotatable bonds is 6. The van der Waals surface area contributed by atoms with Gasteiger partial charge in [0.05, 0.1) is 6.10 Å². The molecule has 1 fully saturated rings. The fourth-order valence-electron chi connectivity index (χ4n) is 2.72. The third kappa shape index (κ3) is 4.27. The summed E-state index contributed by atoms with van der Waals surface area (Å²) >= 11 is 0. The van der Waals surface area contributed by atoms with E-state index in [2.05, 4.69) is 4.90 Å². The average molecular weight is 267 g/mol. The molecule has 2 atom stereocenters. The van der Waals surface area contributed by atoms with Crippen LogP contribution in [0.25, 0.3) is 0 Å². The topological polar surface area (TPSA) is 43.7 Å². The maximum absolute atomic E-state index is 13.1.